The summed E-state index contributed by atoms with van der Waals surface area (Å²) in [6, 6.07) is 19.7. The molecule has 1 N–H and O–H groups in total. The Balaban J connectivity index is 1.23. The Kier molecular flexibility index (Phi) is 6.26. The highest BCUT2D eigenvalue weighted by Crippen LogP contribution is 2.47. The number of hydrogen-bond acceptors (Lipinski definition) is 7. The summed E-state index contributed by atoms with van der Waals surface area (Å²) in [5.74, 6) is 0.867. The summed E-state index contributed by atoms with van der Waals surface area (Å²) in [4.78, 5) is 26.5. The molecule has 3 aromatic carbocycles. The number of rotatable bonds is 5. The van der Waals surface area contributed by atoms with E-state index < -0.39 is 18.0 Å². The molecule has 0 spiro atoms. The molecule has 9 heteroatoms. The average molecular weight is 491 g/mol. The van der Waals surface area contributed by atoms with Gasteiger partial charge in [0.2, 0.25) is 0 Å². The minimum atomic E-state index is -0.788. The van der Waals surface area contributed by atoms with E-state index in [1.165, 1.54) is 4.90 Å². The lowest BCUT2D eigenvalue weighted by molar-refractivity contribution is -0.151. The first-order valence-electron chi connectivity index (χ1n) is 11.5. The number of amides is 2. The fourth-order valence-electron chi connectivity index (χ4n) is 3.89. The van der Waals surface area contributed by atoms with Crippen LogP contribution < -0.4 is 19.7 Å². The van der Waals surface area contributed by atoms with Gasteiger partial charge >= 0.3 is 6.09 Å². The molecule has 2 aliphatic rings. The minimum absolute atomic E-state index is 0.168. The quantitative estimate of drug-likeness (QED) is 0.398. The third-order valence-electron chi connectivity index (χ3n) is 5.77. The summed E-state index contributed by atoms with van der Waals surface area (Å²) in [6.45, 7) is 3.92. The molecule has 1 fully saturated rings. The Morgan fingerprint density at radius 3 is 2.36 bits per heavy atom. The summed E-state index contributed by atoms with van der Waals surface area (Å²) in [7, 11) is 1.67. The molecule has 9 nitrogen and oxygen atoms in total. The van der Waals surface area contributed by atoms with Crippen molar-refractivity contribution in [2.75, 3.05) is 23.9 Å². The van der Waals surface area contributed by atoms with Gasteiger partial charge in [-0.3, -0.25) is 10.1 Å². The number of ether oxygens (including phenoxy) is 5. The van der Waals surface area contributed by atoms with E-state index in [4.69, 9.17) is 23.7 Å². The van der Waals surface area contributed by atoms with Crippen molar-refractivity contribution in [1.82, 2.24) is 0 Å². The first-order chi connectivity index (χ1) is 17.3. The van der Waals surface area contributed by atoms with E-state index in [1.807, 2.05) is 30.3 Å². The van der Waals surface area contributed by atoms with Crippen LogP contribution in [0.3, 0.4) is 0 Å². The molecule has 1 saturated heterocycles. The van der Waals surface area contributed by atoms with Crippen LogP contribution in [-0.4, -0.2) is 37.5 Å². The third-order valence-corrected chi connectivity index (χ3v) is 5.77. The van der Waals surface area contributed by atoms with E-state index >= 15 is 0 Å². The number of benzene rings is 3. The summed E-state index contributed by atoms with van der Waals surface area (Å²) in [5.41, 5.74) is 2.02. The third kappa shape index (κ3) is 5.12. The largest absolute Gasteiger partial charge is 0.449 e. The van der Waals surface area contributed by atoms with Gasteiger partial charge in [0.05, 0.1) is 6.61 Å². The molecule has 2 heterocycles. The van der Waals surface area contributed by atoms with Crippen LogP contribution in [0.15, 0.2) is 66.7 Å². The van der Waals surface area contributed by atoms with Gasteiger partial charge in [-0.05, 0) is 43.7 Å². The summed E-state index contributed by atoms with van der Waals surface area (Å²) >= 11 is 0. The highest BCUT2D eigenvalue weighted by Gasteiger charge is 2.38. The molecule has 0 aromatic heterocycles. The molecule has 3 aromatic rings. The molecule has 1 atom stereocenters. The lowest BCUT2D eigenvalue weighted by Crippen LogP contribution is -2.38. The molecule has 0 saturated carbocycles. The van der Waals surface area contributed by atoms with Crippen LogP contribution in [0.5, 0.6) is 23.0 Å². The summed E-state index contributed by atoms with van der Waals surface area (Å²) < 4.78 is 28.4. The van der Waals surface area contributed by atoms with Crippen LogP contribution in [0.2, 0.25) is 0 Å². The van der Waals surface area contributed by atoms with Crippen molar-refractivity contribution in [1.29, 1.82) is 0 Å². The second-order valence-electron chi connectivity index (χ2n) is 8.90. The highest BCUT2D eigenvalue weighted by molar-refractivity contribution is 5.96. The maximum Gasteiger partial charge on any atom is 0.411 e. The van der Waals surface area contributed by atoms with Crippen molar-refractivity contribution >= 4 is 23.4 Å². The molecular weight excluding hydrogens is 464 g/mol. The Bertz CT molecular complexity index is 1290. The van der Waals surface area contributed by atoms with Crippen LogP contribution in [0.25, 0.3) is 0 Å². The molecule has 186 valence electrons. The summed E-state index contributed by atoms with van der Waals surface area (Å²) in [5, 5.41) is 2.69. The Morgan fingerprint density at radius 1 is 0.972 bits per heavy atom. The van der Waals surface area contributed by atoms with Gasteiger partial charge in [0.25, 0.3) is 5.91 Å². The SMILES string of the molecule is CN(C(=O)[C@@H]1COC(C)(C)O1)c1ccc2c(c1)Oc1ccc(NC(=O)OCc3ccccc3)cc1O2. The minimum Gasteiger partial charge on any atom is -0.449 e. The zero-order valence-electron chi connectivity index (χ0n) is 20.1. The van der Waals surface area contributed by atoms with Gasteiger partial charge in [-0.25, -0.2) is 4.79 Å². The topological polar surface area (TPSA) is 95.6 Å². The normalized spacial score (nSPS) is 17.1. The predicted octanol–water partition coefficient (Wildman–Crippen LogP) is 5.45. The Hall–Kier alpha value is -4.08. The number of fused-ring (bicyclic) bond motifs is 2. The van der Waals surface area contributed by atoms with Crippen LogP contribution in [0, 0.1) is 0 Å². The predicted molar refractivity (Wildman–Crippen MR) is 132 cm³/mol. The first kappa shape index (κ1) is 23.7. The number of carbonyl (C=O) groups excluding carboxylic acids is 2. The molecule has 2 aliphatic heterocycles. The Morgan fingerprint density at radius 2 is 1.67 bits per heavy atom. The second-order valence-corrected chi connectivity index (χ2v) is 8.90. The first-order valence-corrected chi connectivity index (χ1v) is 11.5. The number of hydrogen-bond donors (Lipinski definition) is 1. The number of likely N-dealkylation sites (N-methyl/N-ethyl adjacent to an activating group) is 1. The van der Waals surface area contributed by atoms with E-state index in [1.54, 1.807) is 57.3 Å². The van der Waals surface area contributed by atoms with Crippen molar-refractivity contribution in [3.63, 3.8) is 0 Å². The standard InChI is InChI=1S/C27H26N2O7/c1-27(2)33-16-24(36-27)25(30)29(3)19-10-12-21-23(14-19)35-20-11-9-18(13-22(20)34-21)28-26(31)32-15-17-7-5-4-6-8-17/h4-14,24H,15-16H2,1-3H3,(H,28,31)/t24-/m0/s1. The van der Waals surface area contributed by atoms with Crippen molar-refractivity contribution in [2.24, 2.45) is 0 Å². The van der Waals surface area contributed by atoms with Gasteiger partial charge in [-0.15, -0.1) is 0 Å². The number of nitrogens with zero attached hydrogens (tertiary/aromatic N) is 1. The number of carbonyl (C=O) groups is 2. The van der Waals surface area contributed by atoms with E-state index in [9.17, 15) is 9.59 Å². The molecule has 2 amide bonds. The van der Waals surface area contributed by atoms with E-state index in [0.29, 0.717) is 34.4 Å². The smallest absolute Gasteiger partial charge is 0.411 e. The van der Waals surface area contributed by atoms with Crippen LogP contribution in [0.1, 0.15) is 19.4 Å². The molecule has 0 unspecified atom stereocenters. The fourth-order valence-corrected chi connectivity index (χ4v) is 3.89. The van der Waals surface area contributed by atoms with Crippen molar-refractivity contribution in [2.45, 2.75) is 32.3 Å². The van der Waals surface area contributed by atoms with E-state index in [2.05, 4.69) is 5.32 Å². The number of anilines is 2. The monoisotopic (exact) mass is 490 g/mol. The van der Waals surface area contributed by atoms with Gasteiger partial charge in [0.1, 0.15) is 6.61 Å². The lowest BCUT2D eigenvalue weighted by atomic mass is 10.2. The summed E-state index contributed by atoms with van der Waals surface area (Å²) in [6.07, 6.45) is -1.25. The van der Waals surface area contributed by atoms with Crippen molar-refractivity contribution < 1.29 is 33.3 Å². The Labute approximate surface area is 208 Å². The maximum absolute atomic E-state index is 12.9. The van der Waals surface area contributed by atoms with Crippen LogP contribution >= 0.6 is 0 Å². The fraction of sp³-hybridized carbons (Fsp3) is 0.259. The van der Waals surface area contributed by atoms with E-state index in [0.717, 1.165) is 5.56 Å². The molecule has 0 radical (unpaired) electrons. The van der Waals surface area contributed by atoms with Crippen molar-refractivity contribution in [3.8, 4) is 23.0 Å². The molecule has 5 rings (SSSR count). The van der Waals surface area contributed by atoms with Crippen LogP contribution in [-0.2, 0) is 25.6 Å². The average Bonchev–Trinajstić information content (AvgIpc) is 3.25. The molecule has 36 heavy (non-hydrogen) atoms. The van der Waals surface area contributed by atoms with Gasteiger partial charge in [-0.2, -0.15) is 0 Å². The zero-order valence-corrected chi connectivity index (χ0v) is 20.1. The van der Waals surface area contributed by atoms with Gasteiger partial charge < -0.3 is 28.6 Å². The molecule has 0 bridgehead atoms. The van der Waals surface area contributed by atoms with Gasteiger partial charge in [-0.1, -0.05) is 30.3 Å². The maximum atomic E-state index is 12.9. The molecule has 0 aliphatic carbocycles. The lowest BCUT2D eigenvalue weighted by Gasteiger charge is -2.25. The van der Waals surface area contributed by atoms with Gasteiger partial charge in [0.15, 0.2) is 34.9 Å². The van der Waals surface area contributed by atoms with Gasteiger partial charge in [0, 0.05) is 30.6 Å². The zero-order chi connectivity index (χ0) is 25.3. The molecular formula is C27H26N2O7. The highest BCUT2D eigenvalue weighted by atomic mass is 16.7. The van der Waals surface area contributed by atoms with Crippen molar-refractivity contribution in [3.05, 3.63) is 72.3 Å². The van der Waals surface area contributed by atoms with E-state index in [-0.39, 0.29) is 19.1 Å². The number of nitrogens with one attached hydrogen (secondary N) is 1. The second kappa shape index (κ2) is 9.52. The van der Waals surface area contributed by atoms with Crippen LogP contribution in [0.4, 0.5) is 16.2 Å².